The van der Waals surface area contributed by atoms with Gasteiger partial charge in [-0.1, -0.05) is 5.16 Å². The number of ether oxygens (including phenoxy) is 1. The average Bonchev–Trinajstić information content (AvgIpc) is 2.80. The van der Waals surface area contributed by atoms with Crippen LogP contribution in [0.4, 0.5) is 19.1 Å². The van der Waals surface area contributed by atoms with Crippen molar-refractivity contribution >= 4 is 5.95 Å². The Hall–Kier alpha value is -2.32. The number of alkyl halides is 3. The van der Waals surface area contributed by atoms with Gasteiger partial charge < -0.3 is 14.6 Å². The summed E-state index contributed by atoms with van der Waals surface area (Å²) in [6.07, 6.45) is -3.14. The van der Waals surface area contributed by atoms with Gasteiger partial charge in [-0.15, -0.1) is 0 Å². The van der Waals surface area contributed by atoms with E-state index in [4.69, 9.17) is 9.26 Å². The minimum Gasteiger partial charge on any atom is -0.481 e. The summed E-state index contributed by atoms with van der Waals surface area (Å²) in [6, 6.07) is 0.729. The number of nitrogens with zero attached hydrogens (tertiary/aromatic N) is 3. The highest BCUT2D eigenvalue weighted by Gasteiger charge is 2.34. The summed E-state index contributed by atoms with van der Waals surface area (Å²) >= 11 is 0. The van der Waals surface area contributed by atoms with Crippen molar-refractivity contribution in [2.45, 2.75) is 19.6 Å². The van der Waals surface area contributed by atoms with E-state index in [9.17, 15) is 13.2 Å². The molecule has 0 amide bonds. The normalized spacial score (nSPS) is 11.4. The van der Waals surface area contributed by atoms with Gasteiger partial charge >= 0.3 is 6.18 Å². The fraction of sp³-hybridized carbons (Fsp3) is 0.364. The Balaban J connectivity index is 2.21. The first kappa shape index (κ1) is 14.1. The first-order valence-electron chi connectivity index (χ1n) is 5.54. The number of hydrogen-bond acceptors (Lipinski definition) is 6. The Morgan fingerprint density at radius 3 is 2.65 bits per heavy atom. The molecule has 0 aliphatic heterocycles. The first-order valence-corrected chi connectivity index (χ1v) is 5.54. The second-order valence-corrected chi connectivity index (χ2v) is 3.91. The van der Waals surface area contributed by atoms with Crippen molar-refractivity contribution in [3.63, 3.8) is 0 Å². The summed E-state index contributed by atoms with van der Waals surface area (Å²) in [5, 5.41) is 6.35. The third-order valence-electron chi connectivity index (χ3n) is 2.46. The van der Waals surface area contributed by atoms with Gasteiger partial charge in [-0.2, -0.15) is 18.2 Å². The molecule has 0 spiro atoms. The first-order chi connectivity index (χ1) is 9.40. The fourth-order valence-corrected chi connectivity index (χ4v) is 1.40. The van der Waals surface area contributed by atoms with Crippen LogP contribution in [0, 0.1) is 6.92 Å². The van der Waals surface area contributed by atoms with E-state index in [0.29, 0.717) is 5.69 Å². The number of nitrogens with one attached hydrogen (secondary N) is 1. The summed E-state index contributed by atoms with van der Waals surface area (Å²) < 4.78 is 47.4. The van der Waals surface area contributed by atoms with E-state index in [-0.39, 0.29) is 18.4 Å². The van der Waals surface area contributed by atoms with Crippen LogP contribution in [0.15, 0.2) is 16.9 Å². The zero-order valence-electron chi connectivity index (χ0n) is 10.7. The topological polar surface area (TPSA) is 73.1 Å². The van der Waals surface area contributed by atoms with Gasteiger partial charge in [-0.25, -0.2) is 4.98 Å². The van der Waals surface area contributed by atoms with Crippen LogP contribution in [0.5, 0.6) is 5.88 Å². The van der Waals surface area contributed by atoms with Crippen LogP contribution >= 0.6 is 0 Å². The van der Waals surface area contributed by atoms with Crippen LogP contribution in [-0.4, -0.2) is 22.2 Å². The molecule has 2 heterocycles. The van der Waals surface area contributed by atoms with E-state index in [0.717, 1.165) is 11.6 Å². The highest BCUT2D eigenvalue weighted by molar-refractivity contribution is 5.33. The van der Waals surface area contributed by atoms with Gasteiger partial charge in [0.15, 0.2) is 5.69 Å². The van der Waals surface area contributed by atoms with E-state index < -0.39 is 11.9 Å². The Kier molecular flexibility index (Phi) is 3.77. The molecule has 0 unspecified atom stereocenters. The highest BCUT2D eigenvalue weighted by atomic mass is 19.4. The summed E-state index contributed by atoms with van der Waals surface area (Å²) in [5.74, 6) is -0.370. The summed E-state index contributed by atoms with van der Waals surface area (Å²) in [5.41, 5.74) is 0.255. The molecule has 108 valence electrons. The lowest BCUT2D eigenvalue weighted by Gasteiger charge is -2.10. The predicted octanol–water partition coefficient (Wildman–Crippen LogP) is 2.41. The molecule has 0 aliphatic carbocycles. The molecule has 6 nitrogen and oxygen atoms in total. The van der Waals surface area contributed by atoms with Gasteiger partial charge in [-0.3, -0.25) is 0 Å². The van der Waals surface area contributed by atoms with Crippen molar-refractivity contribution in [2.75, 3.05) is 12.4 Å². The second kappa shape index (κ2) is 5.35. The lowest BCUT2D eigenvalue weighted by Crippen LogP contribution is -2.13. The molecule has 0 radical (unpaired) electrons. The monoisotopic (exact) mass is 288 g/mol. The number of methoxy groups -OCH3 is 1. The molecule has 0 aromatic carbocycles. The Morgan fingerprint density at radius 1 is 1.35 bits per heavy atom. The second-order valence-electron chi connectivity index (χ2n) is 3.91. The van der Waals surface area contributed by atoms with Crippen LogP contribution in [-0.2, 0) is 12.7 Å². The SMILES string of the molecule is COc1cc(C(F)(F)F)nc(NCc2nocc2C)n1. The van der Waals surface area contributed by atoms with Crippen molar-refractivity contribution in [1.82, 2.24) is 15.1 Å². The molecular formula is C11H11F3N4O2. The molecule has 2 aromatic heterocycles. The summed E-state index contributed by atoms with van der Waals surface area (Å²) in [4.78, 5) is 7.19. The molecule has 2 rings (SSSR count). The van der Waals surface area contributed by atoms with Crippen LogP contribution in [0.2, 0.25) is 0 Å². The van der Waals surface area contributed by atoms with Crippen molar-refractivity contribution in [2.24, 2.45) is 0 Å². The Morgan fingerprint density at radius 2 is 2.10 bits per heavy atom. The maximum atomic E-state index is 12.7. The van der Waals surface area contributed by atoms with Crippen LogP contribution in [0.25, 0.3) is 0 Å². The molecular weight excluding hydrogens is 277 g/mol. The van der Waals surface area contributed by atoms with Crippen molar-refractivity contribution in [1.29, 1.82) is 0 Å². The Labute approximate surface area is 112 Å². The van der Waals surface area contributed by atoms with E-state index in [1.54, 1.807) is 6.92 Å². The molecule has 0 saturated carbocycles. The fourth-order valence-electron chi connectivity index (χ4n) is 1.40. The van der Waals surface area contributed by atoms with Crippen LogP contribution in [0.1, 0.15) is 17.0 Å². The minimum atomic E-state index is -4.57. The van der Waals surface area contributed by atoms with Crippen LogP contribution in [0.3, 0.4) is 0 Å². The highest BCUT2D eigenvalue weighted by Crippen LogP contribution is 2.30. The minimum absolute atomic E-state index is 0.146. The molecule has 0 saturated heterocycles. The lowest BCUT2D eigenvalue weighted by molar-refractivity contribution is -0.141. The van der Waals surface area contributed by atoms with Gasteiger partial charge in [0, 0.05) is 11.6 Å². The van der Waals surface area contributed by atoms with Gasteiger partial charge in [0.2, 0.25) is 11.8 Å². The maximum Gasteiger partial charge on any atom is 0.433 e. The van der Waals surface area contributed by atoms with Crippen LogP contribution < -0.4 is 10.1 Å². The molecule has 0 atom stereocenters. The van der Waals surface area contributed by atoms with E-state index in [1.807, 2.05) is 0 Å². The van der Waals surface area contributed by atoms with E-state index >= 15 is 0 Å². The molecule has 0 bridgehead atoms. The number of aryl methyl sites for hydroxylation is 1. The van der Waals surface area contributed by atoms with Crippen molar-refractivity contribution in [3.05, 3.63) is 29.3 Å². The van der Waals surface area contributed by atoms with Gasteiger partial charge in [0.25, 0.3) is 0 Å². The summed E-state index contributed by atoms with van der Waals surface area (Å²) in [6.45, 7) is 1.91. The van der Waals surface area contributed by atoms with Gasteiger partial charge in [-0.05, 0) is 6.92 Å². The van der Waals surface area contributed by atoms with Gasteiger partial charge in [0.05, 0.1) is 13.7 Å². The predicted molar refractivity (Wildman–Crippen MR) is 62.2 cm³/mol. The molecule has 20 heavy (non-hydrogen) atoms. The number of anilines is 1. The maximum absolute atomic E-state index is 12.7. The zero-order valence-corrected chi connectivity index (χ0v) is 10.7. The zero-order chi connectivity index (χ0) is 14.8. The van der Waals surface area contributed by atoms with Crippen molar-refractivity contribution < 1.29 is 22.4 Å². The third kappa shape index (κ3) is 3.16. The number of halogens is 3. The molecule has 2 aromatic rings. The third-order valence-corrected chi connectivity index (χ3v) is 2.46. The summed E-state index contributed by atoms with van der Waals surface area (Å²) in [7, 11) is 1.23. The molecule has 0 fully saturated rings. The number of aromatic nitrogens is 3. The van der Waals surface area contributed by atoms with Crippen molar-refractivity contribution in [3.8, 4) is 5.88 Å². The Bertz CT molecular complexity index is 598. The quantitative estimate of drug-likeness (QED) is 0.931. The van der Waals surface area contributed by atoms with E-state index in [2.05, 4.69) is 20.4 Å². The standard InChI is InChI=1S/C11H11F3N4O2/c1-6-5-20-18-7(6)4-15-10-16-8(11(12,13)14)3-9(17-10)19-2/h3,5H,4H2,1-2H3,(H,15,16,17). The van der Waals surface area contributed by atoms with E-state index in [1.165, 1.54) is 13.4 Å². The number of rotatable bonds is 4. The van der Waals surface area contributed by atoms with Gasteiger partial charge in [0.1, 0.15) is 12.0 Å². The number of hydrogen-bond donors (Lipinski definition) is 1. The molecule has 0 aliphatic rings. The lowest BCUT2D eigenvalue weighted by atomic mass is 10.3. The average molecular weight is 288 g/mol. The molecule has 9 heteroatoms. The smallest absolute Gasteiger partial charge is 0.433 e. The largest absolute Gasteiger partial charge is 0.481 e. The molecule has 1 N–H and O–H groups in total.